The number of rotatable bonds is 8. The van der Waals surface area contributed by atoms with Crippen LogP contribution in [-0.2, 0) is 4.74 Å². The molecule has 1 unspecified atom stereocenters. The van der Waals surface area contributed by atoms with Crippen molar-refractivity contribution < 1.29 is 14.1 Å². The highest BCUT2D eigenvalue weighted by atomic mass is 16.5. The maximum Gasteiger partial charge on any atom is 0.343 e. The predicted molar refractivity (Wildman–Crippen MR) is 69.6 cm³/mol. The number of carbonyl (C=O) groups is 1. The fraction of sp³-hybridized carbons (Fsp3) is 0.714. The smallest absolute Gasteiger partial charge is 0.343 e. The van der Waals surface area contributed by atoms with E-state index in [1.54, 1.807) is 6.92 Å². The standard InChI is InChI=1S/C14H23NO3/c1-4-7-8-9-11(5-2)13-12(10-18-15-13)14(16)17-6-3/h10-11H,4-9H2,1-3H3. The van der Waals surface area contributed by atoms with Gasteiger partial charge in [0.2, 0.25) is 0 Å². The van der Waals surface area contributed by atoms with Crippen LogP contribution in [0.25, 0.3) is 0 Å². The van der Waals surface area contributed by atoms with E-state index < -0.39 is 0 Å². The molecule has 1 heterocycles. The first kappa shape index (κ1) is 14.7. The van der Waals surface area contributed by atoms with E-state index in [1.807, 2.05) is 0 Å². The Morgan fingerprint density at radius 3 is 2.78 bits per heavy atom. The molecule has 0 aliphatic rings. The number of unbranched alkanes of at least 4 members (excludes halogenated alkanes) is 2. The first-order valence-electron chi connectivity index (χ1n) is 6.85. The molecule has 0 radical (unpaired) electrons. The third-order valence-corrected chi connectivity index (χ3v) is 3.13. The second kappa shape index (κ2) is 7.90. The quantitative estimate of drug-likeness (QED) is 0.520. The van der Waals surface area contributed by atoms with E-state index in [4.69, 9.17) is 9.26 Å². The van der Waals surface area contributed by atoms with E-state index in [0.29, 0.717) is 12.2 Å². The van der Waals surface area contributed by atoms with Gasteiger partial charge < -0.3 is 9.26 Å². The molecular weight excluding hydrogens is 230 g/mol. The van der Waals surface area contributed by atoms with Crippen molar-refractivity contribution in [3.63, 3.8) is 0 Å². The first-order valence-corrected chi connectivity index (χ1v) is 6.85. The molecule has 1 atom stereocenters. The van der Waals surface area contributed by atoms with Crippen molar-refractivity contribution in [3.8, 4) is 0 Å². The van der Waals surface area contributed by atoms with Gasteiger partial charge in [0, 0.05) is 5.92 Å². The SMILES string of the molecule is CCCCCC(CC)c1nocc1C(=O)OCC. The number of ether oxygens (including phenoxy) is 1. The minimum atomic E-state index is -0.331. The lowest BCUT2D eigenvalue weighted by Gasteiger charge is -2.12. The minimum Gasteiger partial charge on any atom is -0.462 e. The summed E-state index contributed by atoms with van der Waals surface area (Å²) in [6, 6.07) is 0. The van der Waals surface area contributed by atoms with E-state index in [0.717, 1.165) is 25.0 Å². The van der Waals surface area contributed by atoms with Gasteiger partial charge in [0.15, 0.2) is 0 Å². The van der Waals surface area contributed by atoms with Crippen LogP contribution in [0.15, 0.2) is 10.8 Å². The summed E-state index contributed by atoms with van der Waals surface area (Å²) in [6.45, 7) is 6.46. The number of aromatic nitrogens is 1. The Labute approximate surface area is 109 Å². The Hall–Kier alpha value is -1.32. The Morgan fingerprint density at radius 2 is 2.17 bits per heavy atom. The number of esters is 1. The van der Waals surface area contributed by atoms with E-state index >= 15 is 0 Å². The molecule has 0 N–H and O–H groups in total. The summed E-state index contributed by atoms with van der Waals surface area (Å²) in [6.07, 6.45) is 6.97. The van der Waals surface area contributed by atoms with Crippen LogP contribution in [0.1, 0.15) is 74.8 Å². The summed E-state index contributed by atoms with van der Waals surface area (Å²) >= 11 is 0. The zero-order valence-electron chi connectivity index (χ0n) is 11.6. The fourth-order valence-electron chi connectivity index (χ4n) is 2.08. The zero-order chi connectivity index (χ0) is 13.4. The van der Waals surface area contributed by atoms with Crippen LogP contribution >= 0.6 is 0 Å². The minimum absolute atomic E-state index is 0.287. The second-order valence-corrected chi connectivity index (χ2v) is 4.43. The van der Waals surface area contributed by atoms with Crippen LogP contribution in [-0.4, -0.2) is 17.7 Å². The van der Waals surface area contributed by atoms with Gasteiger partial charge in [-0.15, -0.1) is 0 Å². The molecule has 4 nitrogen and oxygen atoms in total. The molecule has 4 heteroatoms. The number of hydrogen-bond donors (Lipinski definition) is 0. The normalized spacial score (nSPS) is 12.4. The third kappa shape index (κ3) is 3.86. The number of nitrogens with zero attached hydrogens (tertiary/aromatic N) is 1. The van der Waals surface area contributed by atoms with Gasteiger partial charge in [-0.3, -0.25) is 0 Å². The lowest BCUT2D eigenvalue weighted by atomic mass is 9.93. The molecule has 0 saturated heterocycles. The average molecular weight is 253 g/mol. The summed E-state index contributed by atoms with van der Waals surface area (Å²) in [5.41, 5.74) is 1.24. The maximum absolute atomic E-state index is 11.8. The summed E-state index contributed by atoms with van der Waals surface area (Å²) in [5, 5.41) is 3.99. The Balaban J connectivity index is 2.73. The largest absolute Gasteiger partial charge is 0.462 e. The second-order valence-electron chi connectivity index (χ2n) is 4.43. The molecular formula is C14H23NO3. The van der Waals surface area contributed by atoms with Crippen molar-refractivity contribution in [1.29, 1.82) is 0 Å². The van der Waals surface area contributed by atoms with Crippen molar-refractivity contribution in [2.45, 2.75) is 58.8 Å². The highest BCUT2D eigenvalue weighted by Gasteiger charge is 2.23. The highest BCUT2D eigenvalue weighted by Crippen LogP contribution is 2.27. The van der Waals surface area contributed by atoms with Gasteiger partial charge in [0.25, 0.3) is 0 Å². The van der Waals surface area contributed by atoms with Gasteiger partial charge in [-0.2, -0.15) is 0 Å². The molecule has 102 valence electrons. The van der Waals surface area contributed by atoms with Crippen LogP contribution in [0.4, 0.5) is 0 Å². The molecule has 1 rings (SSSR count). The average Bonchev–Trinajstić information content (AvgIpc) is 2.84. The van der Waals surface area contributed by atoms with Crippen LogP contribution in [0.2, 0.25) is 0 Å². The Morgan fingerprint density at radius 1 is 1.39 bits per heavy atom. The van der Waals surface area contributed by atoms with Crippen molar-refractivity contribution in [3.05, 3.63) is 17.5 Å². The van der Waals surface area contributed by atoms with E-state index in [1.165, 1.54) is 19.1 Å². The lowest BCUT2D eigenvalue weighted by Crippen LogP contribution is -2.09. The van der Waals surface area contributed by atoms with Gasteiger partial charge in [-0.25, -0.2) is 4.79 Å². The topological polar surface area (TPSA) is 52.3 Å². The van der Waals surface area contributed by atoms with Crippen molar-refractivity contribution in [1.82, 2.24) is 5.16 Å². The molecule has 0 spiro atoms. The zero-order valence-corrected chi connectivity index (χ0v) is 11.6. The Bertz CT molecular complexity index is 360. The maximum atomic E-state index is 11.8. The summed E-state index contributed by atoms with van der Waals surface area (Å²) < 4.78 is 9.96. The van der Waals surface area contributed by atoms with Gasteiger partial charge in [-0.1, -0.05) is 38.3 Å². The van der Waals surface area contributed by atoms with Crippen LogP contribution in [0.5, 0.6) is 0 Å². The molecule has 0 fully saturated rings. The van der Waals surface area contributed by atoms with E-state index in [2.05, 4.69) is 19.0 Å². The molecule has 0 amide bonds. The van der Waals surface area contributed by atoms with Crippen LogP contribution in [0.3, 0.4) is 0 Å². The third-order valence-electron chi connectivity index (χ3n) is 3.13. The van der Waals surface area contributed by atoms with Gasteiger partial charge in [-0.05, 0) is 19.8 Å². The molecule has 0 saturated carbocycles. The number of carbonyl (C=O) groups excluding carboxylic acids is 1. The molecule has 0 aliphatic carbocycles. The monoisotopic (exact) mass is 253 g/mol. The molecule has 0 aromatic carbocycles. The van der Waals surface area contributed by atoms with Gasteiger partial charge in [0.05, 0.1) is 6.61 Å². The van der Waals surface area contributed by atoms with Gasteiger partial charge in [0.1, 0.15) is 17.5 Å². The van der Waals surface area contributed by atoms with Crippen LogP contribution < -0.4 is 0 Å². The first-order chi connectivity index (χ1) is 8.74. The number of hydrogen-bond acceptors (Lipinski definition) is 4. The molecule has 0 aliphatic heterocycles. The van der Waals surface area contributed by atoms with E-state index in [-0.39, 0.29) is 11.9 Å². The lowest BCUT2D eigenvalue weighted by molar-refractivity contribution is 0.0523. The highest BCUT2D eigenvalue weighted by molar-refractivity contribution is 5.90. The predicted octanol–water partition coefficient (Wildman–Crippen LogP) is 3.93. The van der Waals surface area contributed by atoms with E-state index in [9.17, 15) is 4.79 Å². The summed E-state index contributed by atoms with van der Waals surface area (Å²) in [5.74, 6) is -0.0441. The van der Waals surface area contributed by atoms with Crippen LogP contribution in [0, 0.1) is 0 Å². The molecule has 0 bridgehead atoms. The molecule has 18 heavy (non-hydrogen) atoms. The van der Waals surface area contributed by atoms with Gasteiger partial charge >= 0.3 is 5.97 Å². The Kier molecular flexibility index (Phi) is 6.47. The summed E-state index contributed by atoms with van der Waals surface area (Å²) in [4.78, 5) is 11.8. The molecule has 1 aromatic rings. The molecule has 1 aromatic heterocycles. The van der Waals surface area contributed by atoms with Crippen molar-refractivity contribution in [2.24, 2.45) is 0 Å². The van der Waals surface area contributed by atoms with Crippen molar-refractivity contribution >= 4 is 5.97 Å². The van der Waals surface area contributed by atoms with Crippen molar-refractivity contribution in [2.75, 3.05) is 6.61 Å². The fourth-order valence-corrected chi connectivity index (χ4v) is 2.08. The summed E-state index contributed by atoms with van der Waals surface area (Å²) in [7, 11) is 0.